The van der Waals surface area contributed by atoms with E-state index >= 15 is 0 Å². The van der Waals surface area contributed by atoms with E-state index in [1.54, 1.807) is 19.2 Å². The van der Waals surface area contributed by atoms with Crippen molar-refractivity contribution in [1.82, 2.24) is 9.88 Å². The number of methoxy groups -OCH3 is 1. The first kappa shape index (κ1) is 21.7. The second kappa shape index (κ2) is 10.2. The molecule has 1 aromatic carbocycles. The lowest BCUT2D eigenvalue weighted by Crippen LogP contribution is -2.43. The van der Waals surface area contributed by atoms with Crippen LogP contribution in [0.5, 0.6) is 0 Å². The molecule has 166 valence electrons. The van der Waals surface area contributed by atoms with Crippen LogP contribution in [0, 0.1) is 17.2 Å². The molecule has 3 heterocycles. The second-order valence-electron chi connectivity index (χ2n) is 7.76. The van der Waals surface area contributed by atoms with Crippen molar-refractivity contribution in [3.05, 3.63) is 60.0 Å². The molecule has 32 heavy (non-hydrogen) atoms. The molecule has 8 nitrogen and oxygen atoms in total. The van der Waals surface area contributed by atoms with Crippen LogP contribution in [-0.4, -0.2) is 49.1 Å². The Hall–Kier alpha value is -3.57. The monoisotopic (exact) mass is 434 g/mol. The lowest BCUT2D eigenvalue weighted by Gasteiger charge is -2.34. The van der Waals surface area contributed by atoms with Crippen molar-refractivity contribution in [1.29, 1.82) is 5.26 Å². The van der Waals surface area contributed by atoms with Crippen molar-refractivity contribution in [2.24, 2.45) is 5.92 Å². The third kappa shape index (κ3) is 4.84. The maximum atomic E-state index is 13.3. The van der Waals surface area contributed by atoms with Crippen LogP contribution in [-0.2, 0) is 16.1 Å². The van der Waals surface area contributed by atoms with Crippen LogP contribution in [0.25, 0.3) is 11.7 Å². The van der Waals surface area contributed by atoms with Crippen molar-refractivity contribution in [3.8, 4) is 17.7 Å². The molecule has 0 atom stereocenters. The average Bonchev–Trinajstić information content (AvgIpc) is 3.52. The van der Waals surface area contributed by atoms with Gasteiger partial charge in [0.15, 0.2) is 5.76 Å². The Balaban J connectivity index is 1.42. The highest BCUT2D eigenvalue weighted by Crippen LogP contribution is 2.31. The number of aromatic nitrogens is 1. The fourth-order valence-corrected chi connectivity index (χ4v) is 3.97. The minimum atomic E-state index is -0.0789. The molecule has 0 bridgehead atoms. The maximum absolute atomic E-state index is 13.3. The summed E-state index contributed by atoms with van der Waals surface area (Å²) in [6.45, 7) is 2.84. The van der Waals surface area contributed by atoms with Crippen LogP contribution in [0.15, 0.2) is 57.6 Å². The Morgan fingerprint density at radius 2 is 2.03 bits per heavy atom. The second-order valence-corrected chi connectivity index (χ2v) is 7.76. The molecular formula is C24H26N4O4. The van der Waals surface area contributed by atoms with Gasteiger partial charge in [0.05, 0.1) is 12.9 Å². The van der Waals surface area contributed by atoms with Crippen LogP contribution in [0.2, 0.25) is 0 Å². The summed E-state index contributed by atoms with van der Waals surface area (Å²) in [4.78, 5) is 21.4. The topological polar surface area (TPSA) is 95.7 Å². The molecule has 4 rings (SSSR count). The van der Waals surface area contributed by atoms with E-state index in [4.69, 9.17) is 13.6 Å². The third-order valence-electron chi connectivity index (χ3n) is 5.67. The van der Waals surface area contributed by atoms with Gasteiger partial charge in [-0.05, 0) is 30.5 Å². The SMILES string of the molecule is COCCN(Cc1ccccc1)C(=O)C1CCN(c2oc(-c3ccco3)nc2C#N)CC1. The highest BCUT2D eigenvalue weighted by atomic mass is 16.5. The Bertz CT molecular complexity index is 1050. The lowest BCUT2D eigenvalue weighted by atomic mass is 9.95. The minimum absolute atomic E-state index is 0.0789. The van der Waals surface area contributed by atoms with Crippen molar-refractivity contribution in [3.63, 3.8) is 0 Å². The average molecular weight is 434 g/mol. The van der Waals surface area contributed by atoms with Crippen LogP contribution >= 0.6 is 0 Å². The number of oxazole rings is 1. The van der Waals surface area contributed by atoms with Crippen molar-refractivity contribution in [2.45, 2.75) is 19.4 Å². The van der Waals surface area contributed by atoms with Gasteiger partial charge in [0.25, 0.3) is 5.89 Å². The summed E-state index contributed by atoms with van der Waals surface area (Å²) in [6.07, 6.45) is 2.89. The van der Waals surface area contributed by atoms with E-state index < -0.39 is 0 Å². The van der Waals surface area contributed by atoms with Gasteiger partial charge in [-0.25, -0.2) is 0 Å². The zero-order valence-electron chi connectivity index (χ0n) is 18.1. The predicted octanol–water partition coefficient (Wildman–Crippen LogP) is 3.70. The molecule has 1 aliphatic rings. The number of rotatable bonds is 8. The van der Waals surface area contributed by atoms with Crippen molar-refractivity contribution < 1.29 is 18.4 Å². The number of carbonyl (C=O) groups is 1. The van der Waals surface area contributed by atoms with Gasteiger partial charge in [0, 0.05) is 39.2 Å². The normalized spacial score (nSPS) is 14.3. The smallest absolute Gasteiger partial charge is 0.266 e. The molecule has 3 aromatic rings. The van der Waals surface area contributed by atoms with E-state index in [1.165, 1.54) is 6.26 Å². The number of ether oxygens (including phenoxy) is 1. The molecule has 1 fully saturated rings. The number of piperidine rings is 1. The number of nitriles is 1. The molecule has 8 heteroatoms. The quantitative estimate of drug-likeness (QED) is 0.533. The van der Waals surface area contributed by atoms with E-state index in [1.807, 2.05) is 40.1 Å². The van der Waals surface area contributed by atoms with E-state index in [0.717, 1.165) is 5.56 Å². The van der Waals surface area contributed by atoms with Crippen LogP contribution in [0.3, 0.4) is 0 Å². The van der Waals surface area contributed by atoms with Crippen LogP contribution in [0.4, 0.5) is 5.88 Å². The summed E-state index contributed by atoms with van der Waals surface area (Å²) in [5, 5.41) is 9.49. The molecule has 0 aliphatic carbocycles. The van der Waals surface area contributed by atoms with Crippen LogP contribution < -0.4 is 4.90 Å². The molecule has 1 saturated heterocycles. The summed E-state index contributed by atoms with van der Waals surface area (Å²) >= 11 is 0. The summed E-state index contributed by atoms with van der Waals surface area (Å²) in [6, 6.07) is 15.6. The summed E-state index contributed by atoms with van der Waals surface area (Å²) in [7, 11) is 1.64. The first-order valence-corrected chi connectivity index (χ1v) is 10.7. The third-order valence-corrected chi connectivity index (χ3v) is 5.67. The van der Waals surface area contributed by atoms with Gasteiger partial charge in [-0.1, -0.05) is 30.3 Å². The fourth-order valence-electron chi connectivity index (χ4n) is 3.97. The molecule has 2 aromatic heterocycles. The number of benzene rings is 1. The number of hydrogen-bond acceptors (Lipinski definition) is 7. The Morgan fingerprint density at radius 3 is 2.69 bits per heavy atom. The molecule has 0 N–H and O–H groups in total. The molecule has 1 amide bonds. The number of carbonyl (C=O) groups excluding carboxylic acids is 1. The van der Waals surface area contributed by atoms with E-state index in [9.17, 15) is 10.1 Å². The Kier molecular flexibility index (Phi) is 6.87. The summed E-state index contributed by atoms with van der Waals surface area (Å²) < 4.78 is 16.4. The standard InChI is InChI=1S/C24H26N4O4/c1-30-15-13-28(17-18-6-3-2-4-7-18)23(29)19-9-11-27(12-10-19)24-20(16-25)26-22(32-24)21-8-5-14-31-21/h2-8,14,19H,9-13,15,17H2,1H3. The number of hydrogen-bond donors (Lipinski definition) is 0. The van der Waals surface area contributed by atoms with Gasteiger partial charge in [-0.3, -0.25) is 4.79 Å². The first-order valence-electron chi connectivity index (χ1n) is 10.7. The highest BCUT2D eigenvalue weighted by Gasteiger charge is 2.31. The fraction of sp³-hybridized carbons (Fsp3) is 0.375. The molecule has 0 radical (unpaired) electrons. The Morgan fingerprint density at radius 1 is 1.25 bits per heavy atom. The summed E-state index contributed by atoms with van der Waals surface area (Å²) in [5.74, 6) is 1.26. The minimum Gasteiger partial charge on any atom is -0.459 e. The largest absolute Gasteiger partial charge is 0.459 e. The zero-order valence-corrected chi connectivity index (χ0v) is 18.1. The predicted molar refractivity (Wildman–Crippen MR) is 118 cm³/mol. The zero-order chi connectivity index (χ0) is 22.3. The van der Waals surface area contributed by atoms with Crippen molar-refractivity contribution in [2.75, 3.05) is 38.3 Å². The van der Waals surface area contributed by atoms with E-state index in [2.05, 4.69) is 11.1 Å². The van der Waals surface area contributed by atoms with Gasteiger partial charge in [-0.15, -0.1) is 0 Å². The molecular weight excluding hydrogens is 408 g/mol. The number of furan rings is 1. The maximum Gasteiger partial charge on any atom is 0.266 e. The number of anilines is 1. The highest BCUT2D eigenvalue weighted by molar-refractivity contribution is 5.79. The first-order chi connectivity index (χ1) is 15.7. The molecule has 0 spiro atoms. The van der Waals surface area contributed by atoms with E-state index in [0.29, 0.717) is 57.3 Å². The Labute approximate surface area is 187 Å². The van der Waals surface area contributed by atoms with Crippen LogP contribution in [0.1, 0.15) is 24.1 Å². The molecule has 1 aliphatic heterocycles. The lowest BCUT2D eigenvalue weighted by molar-refractivity contribution is -0.137. The van der Waals surface area contributed by atoms with E-state index in [-0.39, 0.29) is 23.4 Å². The number of nitrogens with zero attached hydrogens (tertiary/aromatic N) is 4. The summed E-state index contributed by atoms with van der Waals surface area (Å²) in [5.41, 5.74) is 1.33. The van der Waals surface area contributed by atoms with Gasteiger partial charge in [-0.2, -0.15) is 10.2 Å². The van der Waals surface area contributed by atoms with Gasteiger partial charge < -0.3 is 23.4 Å². The number of amides is 1. The van der Waals surface area contributed by atoms with Gasteiger partial charge in [0.2, 0.25) is 17.5 Å². The van der Waals surface area contributed by atoms with Gasteiger partial charge >= 0.3 is 0 Å². The van der Waals surface area contributed by atoms with Gasteiger partial charge in [0.1, 0.15) is 6.07 Å². The van der Waals surface area contributed by atoms with Crippen molar-refractivity contribution >= 4 is 11.8 Å². The molecule has 0 saturated carbocycles. The molecule has 0 unspecified atom stereocenters.